The summed E-state index contributed by atoms with van der Waals surface area (Å²) in [7, 11) is 2.08. The lowest BCUT2D eigenvalue weighted by atomic mass is 10.2. The van der Waals surface area contributed by atoms with E-state index in [0.29, 0.717) is 6.54 Å². The molecule has 0 saturated carbocycles. The number of nitrogens with zero attached hydrogens (tertiary/aromatic N) is 3. The van der Waals surface area contributed by atoms with Gasteiger partial charge in [0.15, 0.2) is 0 Å². The smallest absolute Gasteiger partial charge is 0.0584 e. The fourth-order valence-electron chi connectivity index (χ4n) is 1.74. The molecule has 0 aliphatic carbocycles. The lowest BCUT2D eigenvalue weighted by molar-refractivity contribution is 0.611. The van der Waals surface area contributed by atoms with Crippen LogP contribution in [0.2, 0.25) is 0 Å². The molecule has 0 fully saturated rings. The molecule has 0 spiro atoms. The third-order valence-corrected chi connectivity index (χ3v) is 2.81. The highest BCUT2D eigenvalue weighted by Gasteiger charge is 2.01. The monoisotopic (exact) mass is 230 g/mol. The van der Waals surface area contributed by atoms with Crippen LogP contribution in [0.4, 0.5) is 5.69 Å². The maximum atomic E-state index is 5.64. The third-order valence-electron chi connectivity index (χ3n) is 2.81. The summed E-state index contributed by atoms with van der Waals surface area (Å²) in [4.78, 5) is 2.21. The van der Waals surface area contributed by atoms with Crippen molar-refractivity contribution in [1.82, 2.24) is 9.78 Å². The van der Waals surface area contributed by atoms with Crippen LogP contribution < -0.4 is 10.6 Å². The number of anilines is 1. The first-order valence-electron chi connectivity index (χ1n) is 5.77. The Bertz CT molecular complexity index is 450. The van der Waals surface area contributed by atoms with Crippen LogP contribution in [0, 0.1) is 0 Å². The minimum Gasteiger partial charge on any atom is -0.373 e. The van der Waals surface area contributed by atoms with Gasteiger partial charge in [-0.05, 0) is 23.8 Å². The fraction of sp³-hybridized carbons (Fsp3) is 0.308. The molecule has 90 valence electrons. The lowest BCUT2D eigenvalue weighted by Crippen LogP contribution is -2.23. The molecule has 2 rings (SSSR count). The summed E-state index contributed by atoms with van der Waals surface area (Å²) in [5, 5.41) is 4.19. The Morgan fingerprint density at radius 2 is 2.24 bits per heavy atom. The Morgan fingerprint density at radius 1 is 1.35 bits per heavy atom. The van der Waals surface area contributed by atoms with Crippen molar-refractivity contribution in [3.63, 3.8) is 0 Å². The van der Waals surface area contributed by atoms with Gasteiger partial charge in [-0.3, -0.25) is 4.68 Å². The highest BCUT2D eigenvalue weighted by atomic mass is 15.3. The summed E-state index contributed by atoms with van der Waals surface area (Å²) >= 11 is 0. The highest BCUT2D eigenvalue weighted by Crippen LogP contribution is 2.14. The third kappa shape index (κ3) is 3.07. The zero-order valence-electron chi connectivity index (χ0n) is 10.1. The van der Waals surface area contributed by atoms with Crippen molar-refractivity contribution in [3.05, 3.63) is 48.3 Å². The van der Waals surface area contributed by atoms with Crippen molar-refractivity contribution < 1.29 is 0 Å². The molecule has 17 heavy (non-hydrogen) atoms. The summed E-state index contributed by atoms with van der Waals surface area (Å²) in [6.45, 7) is 2.40. The van der Waals surface area contributed by atoms with Gasteiger partial charge in [0.1, 0.15) is 0 Å². The summed E-state index contributed by atoms with van der Waals surface area (Å²) in [6, 6.07) is 10.3. The molecule has 1 aromatic carbocycles. The van der Waals surface area contributed by atoms with Crippen LogP contribution in [0.3, 0.4) is 0 Å². The molecular weight excluding hydrogens is 212 g/mol. The Hall–Kier alpha value is -1.81. The van der Waals surface area contributed by atoms with E-state index in [4.69, 9.17) is 5.73 Å². The quantitative estimate of drug-likeness (QED) is 0.846. The van der Waals surface area contributed by atoms with Gasteiger partial charge in [-0.2, -0.15) is 5.10 Å². The molecule has 0 bridgehead atoms. The molecule has 4 nitrogen and oxygen atoms in total. The Labute approximate surface area is 102 Å². The lowest BCUT2D eigenvalue weighted by Gasteiger charge is -2.19. The largest absolute Gasteiger partial charge is 0.373 e. The average molecular weight is 230 g/mol. The van der Waals surface area contributed by atoms with E-state index in [1.165, 1.54) is 5.69 Å². The van der Waals surface area contributed by atoms with Crippen molar-refractivity contribution in [2.45, 2.75) is 13.1 Å². The van der Waals surface area contributed by atoms with E-state index in [2.05, 4.69) is 29.2 Å². The Morgan fingerprint density at radius 3 is 2.94 bits per heavy atom. The van der Waals surface area contributed by atoms with Crippen molar-refractivity contribution >= 4 is 5.69 Å². The zero-order chi connectivity index (χ0) is 12.1. The van der Waals surface area contributed by atoms with Gasteiger partial charge in [-0.15, -0.1) is 0 Å². The number of likely N-dealkylation sites (N-methyl/N-ethyl adjacent to an activating group) is 1. The Balaban J connectivity index is 1.96. The van der Waals surface area contributed by atoms with Gasteiger partial charge in [0.25, 0.3) is 0 Å². The minimum atomic E-state index is 0.584. The molecule has 0 atom stereocenters. The molecule has 1 heterocycles. The normalized spacial score (nSPS) is 10.5. The predicted octanol–water partition coefficient (Wildman–Crippen LogP) is 1.48. The molecule has 0 amide bonds. The highest BCUT2D eigenvalue weighted by molar-refractivity contribution is 5.47. The van der Waals surface area contributed by atoms with Crippen molar-refractivity contribution in [1.29, 1.82) is 0 Å². The van der Waals surface area contributed by atoms with E-state index < -0.39 is 0 Å². The van der Waals surface area contributed by atoms with Gasteiger partial charge < -0.3 is 10.6 Å². The number of benzene rings is 1. The second-order valence-electron chi connectivity index (χ2n) is 4.06. The van der Waals surface area contributed by atoms with Crippen LogP contribution in [0.1, 0.15) is 5.56 Å². The molecule has 0 radical (unpaired) electrons. The predicted molar refractivity (Wildman–Crippen MR) is 69.8 cm³/mol. The number of rotatable bonds is 5. The van der Waals surface area contributed by atoms with Crippen LogP contribution in [-0.4, -0.2) is 23.4 Å². The van der Waals surface area contributed by atoms with Crippen molar-refractivity contribution in [2.24, 2.45) is 5.73 Å². The molecule has 0 saturated heterocycles. The molecule has 2 N–H and O–H groups in total. The first-order valence-corrected chi connectivity index (χ1v) is 5.77. The standard InChI is InChI=1S/C13H18N4/c1-16(8-9-17-7-3-6-15-17)13-5-2-4-12(10-13)11-14/h2-7,10H,8-9,11,14H2,1H3. The van der Waals surface area contributed by atoms with E-state index in [0.717, 1.165) is 18.7 Å². The van der Waals surface area contributed by atoms with E-state index in [-0.39, 0.29) is 0 Å². The van der Waals surface area contributed by atoms with E-state index in [1.54, 1.807) is 6.20 Å². The van der Waals surface area contributed by atoms with E-state index in [9.17, 15) is 0 Å². The number of hydrogen-bond acceptors (Lipinski definition) is 3. The number of aromatic nitrogens is 2. The van der Waals surface area contributed by atoms with Gasteiger partial charge in [0.05, 0.1) is 6.54 Å². The minimum absolute atomic E-state index is 0.584. The van der Waals surface area contributed by atoms with Gasteiger partial charge in [0.2, 0.25) is 0 Å². The second kappa shape index (κ2) is 5.50. The Kier molecular flexibility index (Phi) is 3.77. The van der Waals surface area contributed by atoms with Crippen LogP contribution in [0.5, 0.6) is 0 Å². The molecule has 0 aliphatic rings. The molecular formula is C13H18N4. The first-order chi connectivity index (χ1) is 8.29. The van der Waals surface area contributed by atoms with Crippen LogP contribution in [0.25, 0.3) is 0 Å². The van der Waals surface area contributed by atoms with E-state index >= 15 is 0 Å². The molecule has 1 aromatic heterocycles. The first kappa shape index (κ1) is 11.7. The maximum Gasteiger partial charge on any atom is 0.0584 e. The SMILES string of the molecule is CN(CCn1cccn1)c1cccc(CN)c1. The van der Waals surface area contributed by atoms with Crippen LogP contribution in [0.15, 0.2) is 42.7 Å². The van der Waals surface area contributed by atoms with Gasteiger partial charge in [-0.1, -0.05) is 12.1 Å². The van der Waals surface area contributed by atoms with Crippen LogP contribution in [-0.2, 0) is 13.1 Å². The zero-order valence-corrected chi connectivity index (χ0v) is 10.1. The summed E-state index contributed by atoms with van der Waals surface area (Å²) in [5.41, 5.74) is 7.99. The molecule has 2 aromatic rings. The second-order valence-corrected chi connectivity index (χ2v) is 4.06. The number of hydrogen-bond donors (Lipinski definition) is 1. The van der Waals surface area contributed by atoms with Gasteiger partial charge >= 0.3 is 0 Å². The molecule has 4 heteroatoms. The summed E-state index contributed by atoms with van der Waals surface area (Å²) in [5.74, 6) is 0. The summed E-state index contributed by atoms with van der Waals surface area (Å²) < 4.78 is 1.93. The van der Waals surface area contributed by atoms with Crippen molar-refractivity contribution in [3.8, 4) is 0 Å². The van der Waals surface area contributed by atoms with Crippen LogP contribution >= 0.6 is 0 Å². The van der Waals surface area contributed by atoms with Crippen molar-refractivity contribution in [2.75, 3.05) is 18.5 Å². The van der Waals surface area contributed by atoms with E-state index in [1.807, 2.05) is 29.1 Å². The average Bonchev–Trinajstić information content (AvgIpc) is 2.89. The summed E-state index contributed by atoms with van der Waals surface area (Å²) in [6.07, 6.45) is 3.78. The topological polar surface area (TPSA) is 47.1 Å². The number of nitrogens with two attached hydrogens (primary N) is 1. The maximum absolute atomic E-state index is 5.64. The van der Waals surface area contributed by atoms with Gasteiger partial charge in [0, 0.05) is 38.2 Å². The van der Waals surface area contributed by atoms with Gasteiger partial charge in [-0.25, -0.2) is 0 Å². The molecule has 0 unspecified atom stereocenters. The fourth-order valence-corrected chi connectivity index (χ4v) is 1.74. The molecule has 0 aliphatic heterocycles.